The standard InChI is InChI=1S/C12H14N2O2.C6H8O6/c1-14-7-8(6-10(13)12(15)16)9-4-2-3-5-11(9)14;7-1-2(8)5-3(9)4(10)6(11)12-5/h2-5,7,10H,6,13H2,1H3,(H,15,16);2,5,7-10H,1H2/t10-;2-,5+/m00/s1. The second-order valence-electron chi connectivity index (χ2n) is 6.24. The highest BCUT2D eigenvalue weighted by Gasteiger charge is 2.38. The quantitative estimate of drug-likeness (QED) is 0.373. The van der Waals surface area contributed by atoms with Crippen LogP contribution in [0.15, 0.2) is 42.0 Å². The average molecular weight is 394 g/mol. The number of hydrogen-bond acceptors (Lipinski definition) is 8. The minimum absolute atomic E-state index is 0.358. The second-order valence-corrected chi connectivity index (χ2v) is 6.24. The Morgan fingerprint density at radius 2 is 1.96 bits per heavy atom. The molecule has 1 aliphatic rings. The molecule has 0 amide bonds. The van der Waals surface area contributed by atoms with Crippen LogP contribution in [0.4, 0.5) is 0 Å². The van der Waals surface area contributed by atoms with Crippen molar-refractivity contribution >= 4 is 22.8 Å². The lowest BCUT2D eigenvalue weighted by Crippen LogP contribution is -2.32. The third-order valence-corrected chi connectivity index (χ3v) is 4.21. The number of carbonyl (C=O) groups is 2. The molecular weight excluding hydrogens is 372 g/mol. The molecule has 2 heterocycles. The highest BCUT2D eigenvalue weighted by Crippen LogP contribution is 2.22. The van der Waals surface area contributed by atoms with E-state index in [2.05, 4.69) is 4.74 Å². The van der Waals surface area contributed by atoms with Crippen molar-refractivity contribution in [3.63, 3.8) is 0 Å². The van der Waals surface area contributed by atoms with Crippen molar-refractivity contribution in [2.75, 3.05) is 6.61 Å². The number of fused-ring (bicyclic) bond motifs is 1. The van der Waals surface area contributed by atoms with Gasteiger partial charge in [-0.1, -0.05) is 18.2 Å². The Bertz CT molecular complexity index is 904. The van der Waals surface area contributed by atoms with Crippen LogP contribution in [0.5, 0.6) is 0 Å². The lowest BCUT2D eigenvalue weighted by molar-refractivity contribution is -0.147. The number of carboxylic acids is 1. The molecule has 1 aromatic carbocycles. The van der Waals surface area contributed by atoms with Gasteiger partial charge in [0.05, 0.1) is 6.61 Å². The minimum Gasteiger partial charge on any atom is -0.505 e. The molecule has 1 aliphatic heterocycles. The van der Waals surface area contributed by atoms with Gasteiger partial charge in [-0.25, -0.2) is 4.79 Å². The fraction of sp³-hybridized carbons (Fsp3) is 0.333. The number of hydrogen-bond donors (Lipinski definition) is 6. The van der Waals surface area contributed by atoms with Gasteiger partial charge in [-0.15, -0.1) is 0 Å². The van der Waals surface area contributed by atoms with E-state index in [9.17, 15) is 9.59 Å². The Morgan fingerprint density at radius 3 is 2.50 bits per heavy atom. The predicted molar refractivity (Wildman–Crippen MR) is 97.5 cm³/mol. The van der Waals surface area contributed by atoms with Gasteiger partial charge < -0.3 is 40.6 Å². The molecule has 0 saturated heterocycles. The van der Waals surface area contributed by atoms with Gasteiger partial charge in [0.2, 0.25) is 5.76 Å². The van der Waals surface area contributed by atoms with Crippen LogP contribution in [0.2, 0.25) is 0 Å². The van der Waals surface area contributed by atoms with Gasteiger partial charge in [-0.05, 0) is 11.6 Å². The summed E-state index contributed by atoms with van der Waals surface area (Å²) < 4.78 is 6.30. The zero-order valence-corrected chi connectivity index (χ0v) is 15.0. The first-order chi connectivity index (χ1) is 13.2. The van der Waals surface area contributed by atoms with Gasteiger partial charge in [0, 0.05) is 30.6 Å². The maximum absolute atomic E-state index is 10.7. The molecular formula is C18H22N2O8. The van der Waals surface area contributed by atoms with E-state index < -0.39 is 48.3 Å². The second kappa shape index (κ2) is 8.74. The summed E-state index contributed by atoms with van der Waals surface area (Å²) in [4.78, 5) is 21.2. The summed E-state index contributed by atoms with van der Waals surface area (Å²) in [6.07, 6.45) is -0.481. The number of aromatic nitrogens is 1. The largest absolute Gasteiger partial charge is 0.505 e. The summed E-state index contributed by atoms with van der Waals surface area (Å²) in [5.41, 5.74) is 7.61. The molecule has 7 N–H and O–H groups in total. The molecule has 0 radical (unpaired) electrons. The smallest absolute Gasteiger partial charge is 0.377 e. The van der Waals surface area contributed by atoms with Gasteiger partial charge in [0.25, 0.3) is 0 Å². The van der Waals surface area contributed by atoms with Crippen LogP contribution < -0.4 is 5.73 Å². The number of aliphatic hydroxyl groups excluding tert-OH is 4. The number of rotatable bonds is 5. The Kier molecular flexibility index (Phi) is 6.62. The maximum Gasteiger partial charge on any atom is 0.377 e. The first kappa shape index (κ1) is 21.2. The van der Waals surface area contributed by atoms with Gasteiger partial charge in [-0.3, -0.25) is 4.79 Å². The molecule has 28 heavy (non-hydrogen) atoms. The van der Waals surface area contributed by atoms with Crippen LogP contribution in [-0.4, -0.2) is 66.9 Å². The zero-order chi connectivity index (χ0) is 21.0. The van der Waals surface area contributed by atoms with Gasteiger partial charge in [0.15, 0.2) is 11.9 Å². The van der Waals surface area contributed by atoms with E-state index >= 15 is 0 Å². The highest BCUT2D eigenvalue weighted by molar-refractivity contribution is 5.89. The Hall–Kier alpha value is -3.08. The number of benzene rings is 1. The van der Waals surface area contributed by atoms with Crippen molar-refractivity contribution in [1.82, 2.24) is 4.57 Å². The lowest BCUT2D eigenvalue weighted by Gasteiger charge is -2.13. The predicted octanol–water partition coefficient (Wildman–Crippen LogP) is -0.275. The van der Waals surface area contributed by atoms with Crippen LogP contribution in [0.25, 0.3) is 10.9 Å². The molecule has 0 bridgehead atoms. The van der Waals surface area contributed by atoms with Gasteiger partial charge in [-0.2, -0.15) is 0 Å². The molecule has 10 nitrogen and oxygen atoms in total. The maximum atomic E-state index is 10.7. The molecule has 3 atom stereocenters. The average Bonchev–Trinajstić information content (AvgIpc) is 3.13. The Morgan fingerprint density at radius 1 is 1.32 bits per heavy atom. The van der Waals surface area contributed by atoms with E-state index in [4.69, 9.17) is 31.3 Å². The number of nitrogens with zero attached hydrogens (tertiary/aromatic N) is 1. The molecule has 0 unspecified atom stereocenters. The van der Waals surface area contributed by atoms with E-state index in [1.807, 2.05) is 42.1 Å². The summed E-state index contributed by atoms with van der Waals surface area (Å²) in [5.74, 6) is -3.74. The topological polar surface area (TPSA) is 175 Å². The SMILES string of the molecule is Cn1cc(C[C@H](N)C(=O)O)c2ccccc21.O=C1O[C@H]([C@@H](O)CO)C(O)=C1O. The van der Waals surface area contributed by atoms with Crippen LogP contribution >= 0.6 is 0 Å². The lowest BCUT2D eigenvalue weighted by atomic mass is 10.1. The molecule has 0 aliphatic carbocycles. The zero-order valence-electron chi connectivity index (χ0n) is 15.0. The highest BCUT2D eigenvalue weighted by atomic mass is 16.6. The van der Waals surface area contributed by atoms with E-state index in [-0.39, 0.29) is 0 Å². The fourth-order valence-corrected chi connectivity index (χ4v) is 2.74. The molecule has 0 fully saturated rings. The van der Waals surface area contributed by atoms with Crippen LogP contribution in [0.3, 0.4) is 0 Å². The number of carbonyl (C=O) groups excluding carboxylic acids is 1. The molecule has 0 spiro atoms. The summed E-state index contributed by atoms with van der Waals surface area (Å²) in [5, 5.41) is 44.9. The third kappa shape index (κ3) is 4.42. The molecule has 3 rings (SSSR count). The molecule has 10 heteroatoms. The number of aliphatic hydroxyl groups is 4. The Balaban J connectivity index is 0.000000209. The number of carboxylic acid groups (broad SMARTS) is 1. The van der Waals surface area contributed by atoms with E-state index in [1.165, 1.54) is 0 Å². The number of aryl methyl sites for hydroxylation is 1. The molecule has 1 aromatic heterocycles. The minimum atomic E-state index is -1.42. The summed E-state index contributed by atoms with van der Waals surface area (Å²) in [7, 11) is 1.94. The fourth-order valence-electron chi connectivity index (χ4n) is 2.74. The summed E-state index contributed by atoms with van der Waals surface area (Å²) in [6, 6.07) is 7.05. The molecule has 2 aromatic rings. The Labute approximate surface area is 159 Å². The molecule has 0 saturated carbocycles. The molecule has 152 valence electrons. The van der Waals surface area contributed by atoms with E-state index in [1.54, 1.807) is 0 Å². The van der Waals surface area contributed by atoms with Crippen LogP contribution in [-0.2, 0) is 27.8 Å². The van der Waals surface area contributed by atoms with Crippen molar-refractivity contribution in [3.05, 3.63) is 47.5 Å². The van der Waals surface area contributed by atoms with Crippen LogP contribution in [0, 0.1) is 0 Å². The number of ether oxygens (including phenoxy) is 1. The van der Waals surface area contributed by atoms with Crippen molar-refractivity contribution in [2.45, 2.75) is 24.7 Å². The normalized spacial score (nSPS) is 18.4. The van der Waals surface area contributed by atoms with Crippen molar-refractivity contribution < 1.29 is 39.9 Å². The van der Waals surface area contributed by atoms with E-state index in [0.717, 1.165) is 16.5 Å². The number of para-hydroxylation sites is 1. The van der Waals surface area contributed by atoms with Crippen molar-refractivity contribution in [2.24, 2.45) is 12.8 Å². The van der Waals surface area contributed by atoms with Crippen molar-refractivity contribution in [3.8, 4) is 0 Å². The number of nitrogens with two attached hydrogens (primary N) is 1. The first-order valence-corrected chi connectivity index (χ1v) is 8.30. The number of aliphatic carboxylic acids is 1. The van der Waals surface area contributed by atoms with Gasteiger partial charge in [0.1, 0.15) is 12.1 Å². The third-order valence-electron chi connectivity index (χ3n) is 4.21. The number of cyclic esters (lactones) is 1. The van der Waals surface area contributed by atoms with Crippen LogP contribution in [0.1, 0.15) is 5.56 Å². The summed E-state index contributed by atoms with van der Waals surface area (Å²) >= 11 is 0. The first-order valence-electron chi connectivity index (χ1n) is 8.30. The van der Waals surface area contributed by atoms with Gasteiger partial charge >= 0.3 is 11.9 Å². The number of esters is 1. The van der Waals surface area contributed by atoms with E-state index in [0.29, 0.717) is 6.42 Å². The monoisotopic (exact) mass is 394 g/mol. The summed E-state index contributed by atoms with van der Waals surface area (Å²) in [6.45, 7) is -0.671. The van der Waals surface area contributed by atoms with Crippen molar-refractivity contribution in [1.29, 1.82) is 0 Å².